The zero-order valence-electron chi connectivity index (χ0n) is 13.0. The van der Waals surface area contributed by atoms with Crippen molar-refractivity contribution < 1.29 is 0 Å². The van der Waals surface area contributed by atoms with Gasteiger partial charge in [-0.05, 0) is 46.8 Å². The molecular formula is C21H24. The van der Waals surface area contributed by atoms with Crippen LogP contribution in [0.15, 0.2) is 54.6 Å². The molecule has 0 nitrogen and oxygen atoms in total. The Morgan fingerprint density at radius 3 is 2.38 bits per heavy atom. The van der Waals surface area contributed by atoms with Gasteiger partial charge in [-0.2, -0.15) is 0 Å². The van der Waals surface area contributed by atoms with Crippen LogP contribution in [0, 0.1) is 11.8 Å². The van der Waals surface area contributed by atoms with Gasteiger partial charge in [0.15, 0.2) is 0 Å². The predicted molar refractivity (Wildman–Crippen MR) is 88.6 cm³/mol. The van der Waals surface area contributed by atoms with Crippen LogP contribution in [0.4, 0.5) is 0 Å². The van der Waals surface area contributed by atoms with Gasteiger partial charge in [0.2, 0.25) is 0 Å². The largest absolute Gasteiger partial charge is 0.0622 e. The first-order valence-electron chi connectivity index (χ1n) is 8.34. The summed E-state index contributed by atoms with van der Waals surface area (Å²) in [6.07, 6.45) is 4.19. The van der Waals surface area contributed by atoms with Crippen molar-refractivity contribution in [2.75, 3.05) is 0 Å². The van der Waals surface area contributed by atoms with Crippen LogP contribution in [0.5, 0.6) is 0 Å². The Labute approximate surface area is 128 Å². The number of fused-ring (bicyclic) bond motifs is 2. The standard InChI is InChI=1S/C21H24/c1-21(2)18-13-7-6-11-16(18)20(15-9-4-3-5-10-15)17-12-8-14-19(17)21/h3-7,9-11,13,17,19-20H,8,12,14H2,1-2H3/t17-,19+,20-/m0/s1. The maximum atomic E-state index is 2.47. The molecule has 0 aromatic heterocycles. The van der Waals surface area contributed by atoms with Crippen molar-refractivity contribution in [1.82, 2.24) is 0 Å². The summed E-state index contributed by atoms with van der Waals surface area (Å²) in [5.41, 5.74) is 5.00. The van der Waals surface area contributed by atoms with Gasteiger partial charge in [-0.25, -0.2) is 0 Å². The van der Waals surface area contributed by atoms with Crippen LogP contribution in [-0.4, -0.2) is 0 Å². The molecule has 1 fully saturated rings. The van der Waals surface area contributed by atoms with E-state index in [2.05, 4.69) is 68.4 Å². The molecule has 3 atom stereocenters. The van der Waals surface area contributed by atoms with Gasteiger partial charge in [-0.1, -0.05) is 74.9 Å². The Balaban J connectivity index is 1.93. The van der Waals surface area contributed by atoms with Crippen LogP contribution in [0.1, 0.15) is 55.7 Å². The first-order valence-corrected chi connectivity index (χ1v) is 8.34. The summed E-state index contributed by atoms with van der Waals surface area (Å²) < 4.78 is 0. The molecule has 1 saturated carbocycles. The molecule has 0 radical (unpaired) electrons. The monoisotopic (exact) mass is 276 g/mol. The van der Waals surface area contributed by atoms with Gasteiger partial charge in [0.25, 0.3) is 0 Å². The van der Waals surface area contributed by atoms with Crippen molar-refractivity contribution in [3.05, 3.63) is 71.3 Å². The molecule has 2 aliphatic rings. The Morgan fingerprint density at radius 1 is 0.857 bits per heavy atom. The maximum absolute atomic E-state index is 2.47. The van der Waals surface area contributed by atoms with E-state index >= 15 is 0 Å². The summed E-state index contributed by atoms with van der Waals surface area (Å²) in [5, 5.41) is 0. The fourth-order valence-corrected chi connectivity index (χ4v) is 5.16. The van der Waals surface area contributed by atoms with E-state index in [-0.39, 0.29) is 0 Å². The summed E-state index contributed by atoms with van der Waals surface area (Å²) in [6.45, 7) is 4.94. The number of rotatable bonds is 1. The molecule has 0 saturated heterocycles. The Bertz CT molecular complexity index is 638. The first-order chi connectivity index (χ1) is 10.2. The summed E-state index contributed by atoms with van der Waals surface area (Å²) in [5.74, 6) is 2.25. The van der Waals surface area contributed by atoms with Crippen molar-refractivity contribution in [3.8, 4) is 0 Å². The minimum Gasteiger partial charge on any atom is -0.0622 e. The van der Waals surface area contributed by atoms with E-state index in [1.54, 1.807) is 11.1 Å². The highest BCUT2D eigenvalue weighted by Crippen LogP contribution is 2.57. The van der Waals surface area contributed by atoms with E-state index in [1.165, 1.54) is 24.8 Å². The predicted octanol–water partition coefficient (Wildman–Crippen LogP) is 5.53. The van der Waals surface area contributed by atoms with Crippen LogP contribution in [0.2, 0.25) is 0 Å². The molecule has 0 heteroatoms. The topological polar surface area (TPSA) is 0 Å². The fraction of sp³-hybridized carbons (Fsp3) is 0.429. The number of hydrogen-bond donors (Lipinski definition) is 0. The summed E-state index contributed by atoms with van der Waals surface area (Å²) >= 11 is 0. The van der Waals surface area contributed by atoms with Crippen LogP contribution in [-0.2, 0) is 5.41 Å². The second-order valence-electron chi connectivity index (χ2n) is 7.40. The highest BCUT2D eigenvalue weighted by atomic mass is 14.5. The van der Waals surface area contributed by atoms with Crippen molar-refractivity contribution in [1.29, 1.82) is 0 Å². The smallest absolute Gasteiger partial charge is 0.0123 e. The van der Waals surface area contributed by atoms with Gasteiger partial charge in [-0.15, -0.1) is 0 Å². The molecule has 2 aromatic carbocycles. The zero-order valence-corrected chi connectivity index (χ0v) is 13.0. The molecule has 21 heavy (non-hydrogen) atoms. The maximum Gasteiger partial charge on any atom is 0.0123 e. The van der Waals surface area contributed by atoms with E-state index in [0.717, 1.165) is 11.8 Å². The van der Waals surface area contributed by atoms with E-state index in [9.17, 15) is 0 Å². The number of benzene rings is 2. The van der Waals surface area contributed by atoms with Gasteiger partial charge in [0.1, 0.15) is 0 Å². The van der Waals surface area contributed by atoms with Gasteiger partial charge < -0.3 is 0 Å². The molecule has 0 unspecified atom stereocenters. The lowest BCUT2D eigenvalue weighted by Crippen LogP contribution is -2.40. The first kappa shape index (κ1) is 13.1. The lowest BCUT2D eigenvalue weighted by molar-refractivity contribution is 0.205. The molecule has 2 aromatic rings. The summed E-state index contributed by atoms with van der Waals surface area (Å²) in [6, 6.07) is 20.4. The lowest BCUT2D eigenvalue weighted by atomic mass is 9.57. The average molecular weight is 276 g/mol. The van der Waals surface area contributed by atoms with E-state index < -0.39 is 0 Å². The normalized spacial score (nSPS) is 29.7. The SMILES string of the molecule is CC1(C)c2ccccc2[C@H](c2ccccc2)[C@H]2CCC[C@H]21. The lowest BCUT2D eigenvalue weighted by Gasteiger charge is -2.47. The van der Waals surface area contributed by atoms with Crippen LogP contribution in [0.25, 0.3) is 0 Å². The second kappa shape index (κ2) is 4.73. The molecule has 0 spiro atoms. The Kier molecular flexibility index (Phi) is 2.96. The van der Waals surface area contributed by atoms with Crippen LogP contribution in [0.3, 0.4) is 0 Å². The molecule has 0 heterocycles. The second-order valence-corrected chi connectivity index (χ2v) is 7.40. The van der Waals surface area contributed by atoms with Crippen molar-refractivity contribution in [3.63, 3.8) is 0 Å². The molecule has 0 amide bonds. The summed E-state index contributed by atoms with van der Waals surface area (Å²) in [7, 11) is 0. The van der Waals surface area contributed by atoms with E-state index in [4.69, 9.17) is 0 Å². The molecular weight excluding hydrogens is 252 g/mol. The van der Waals surface area contributed by atoms with Gasteiger partial charge in [0, 0.05) is 5.92 Å². The van der Waals surface area contributed by atoms with Crippen molar-refractivity contribution >= 4 is 0 Å². The molecule has 0 bridgehead atoms. The van der Waals surface area contributed by atoms with Crippen LogP contribution >= 0.6 is 0 Å². The average Bonchev–Trinajstić information content (AvgIpc) is 2.99. The van der Waals surface area contributed by atoms with Crippen molar-refractivity contribution in [2.24, 2.45) is 11.8 Å². The van der Waals surface area contributed by atoms with Gasteiger partial charge >= 0.3 is 0 Å². The van der Waals surface area contributed by atoms with Gasteiger partial charge in [0.05, 0.1) is 0 Å². The number of hydrogen-bond acceptors (Lipinski definition) is 0. The molecule has 4 rings (SSSR count). The third-order valence-electron chi connectivity index (χ3n) is 6.07. The van der Waals surface area contributed by atoms with E-state index in [1.807, 2.05) is 0 Å². The molecule has 2 aliphatic carbocycles. The fourth-order valence-electron chi connectivity index (χ4n) is 5.16. The Morgan fingerprint density at radius 2 is 1.57 bits per heavy atom. The summed E-state index contributed by atoms with van der Waals surface area (Å²) in [4.78, 5) is 0. The quantitative estimate of drug-likeness (QED) is 0.642. The third kappa shape index (κ3) is 1.88. The minimum atomic E-state index is 0.322. The van der Waals surface area contributed by atoms with Crippen LogP contribution < -0.4 is 0 Å². The third-order valence-corrected chi connectivity index (χ3v) is 6.07. The highest BCUT2D eigenvalue weighted by molar-refractivity contribution is 5.46. The van der Waals surface area contributed by atoms with Gasteiger partial charge in [-0.3, -0.25) is 0 Å². The Hall–Kier alpha value is -1.56. The van der Waals surface area contributed by atoms with Crippen molar-refractivity contribution in [2.45, 2.75) is 44.4 Å². The van der Waals surface area contributed by atoms with E-state index in [0.29, 0.717) is 11.3 Å². The highest BCUT2D eigenvalue weighted by Gasteiger charge is 2.49. The zero-order chi connectivity index (χ0) is 14.4. The molecule has 0 N–H and O–H groups in total. The minimum absolute atomic E-state index is 0.322. The molecule has 0 aliphatic heterocycles. The molecule has 108 valence electrons.